The van der Waals surface area contributed by atoms with Gasteiger partial charge in [-0.25, -0.2) is 4.79 Å². The van der Waals surface area contributed by atoms with Gasteiger partial charge in [-0.2, -0.15) is 0 Å². The highest BCUT2D eigenvalue weighted by molar-refractivity contribution is 9.10. The summed E-state index contributed by atoms with van der Waals surface area (Å²) < 4.78 is 0.900. The van der Waals surface area contributed by atoms with Gasteiger partial charge in [-0.3, -0.25) is 9.59 Å². The summed E-state index contributed by atoms with van der Waals surface area (Å²) in [6, 6.07) is 14.7. The van der Waals surface area contributed by atoms with Crippen molar-refractivity contribution < 1.29 is 14.4 Å². The molecule has 1 heterocycles. The van der Waals surface area contributed by atoms with E-state index in [0.717, 1.165) is 22.9 Å². The van der Waals surface area contributed by atoms with Crippen molar-refractivity contribution in [2.45, 2.75) is 37.8 Å². The van der Waals surface area contributed by atoms with Gasteiger partial charge in [0.05, 0.1) is 0 Å². The first-order valence-electron chi connectivity index (χ1n) is 9.96. The van der Waals surface area contributed by atoms with E-state index in [1.54, 1.807) is 12.1 Å². The number of hydrogen-bond acceptors (Lipinski definition) is 3. The molecule has 4 amide bonds. The van der Waals surface area contributed by atoms with Crippen molar-refractivity contribution in [2.24, 2.45) is 0 Å². The molecule has 0 spiro atoms. The van der Waals surface area contributed by atoms with Gasteiger partial charge < -0.3 is 21.3 Å². The Morgan fingerprint density at radius 3 is 2.53 bits per heavy atom. The van der Waals surface area contributed by atoms with E-state index < -0.39 is 18.1 Å². The molecule has 1 fully saturated rings. The predicted molar refractivity (Wildman–Crippen MR) is 119 cm³/mol. The fourth-order valence-electron chi connectivity index (χ4n) is 3.27. The second-order valence-electron chi connectivity index (χ2n) is 7.20. The number of rotatable bonds is 6. The minimum Gasteiger partial charge on any atom is -0.354 e. The van der Waals surface area contributed by atoms with Crippen LogP contribution in [0.25, 0.3) is 0 Å². The second-order valence-corrected chi connectivity index (χ2v) is 8.11. The third kappa shape index (κ3) is 6.59. The Balaban J connectivity index is 1.68. The SMILES string of the molecule is O=C(Nc1ccc(Br)cc1)NC(Cc1ccccc1)C(=O)N[C@@H]1CCCCNC1=O. The minimum absolute atomic E-state index is 0.182. The fourth-order valence-corrected chi connectivity index (χ4v) is 3.53. The maximum Gasteiger partial charge on any atom is 0.319 e. The van der Waals surface area contributed by atoms with Gasteiger partial charge in [0.25, 0.3) is 0 Å². The van der Waals surface area contributed by atoms with Crippen LogP contribution in [0, 0.1) is 0 Å². The predicted octanol–water partition coefficient (Wildman–Crippen LogP) is 2.97. The summed E-state index contributed by atoms with van der Waals surface area (Å²) in [6.07, 6.45) is 2.64. The van der Waals surface area contributed by atoms with Crippen LogP contribution in [0.3, 0.4) is 0 Å². The number of urea groups is 1. The monoisotopic (exact) mass is 472 g/mol. The van der Waals surface area contributed by atoms with Crippen molar-refractivity contribution in [2.75, 3.05) is 11.9 Å². The van der Waals surface area contributed by atoms with Crippen LogP contribution in [-0.2, 0) is 16.0 Å². The summed E-state index contributed by atoms with van der Waals surface area (Å²) >= 11 is 3.35. The molecule has 4 N–H and O–H groups in total. The van der Waals surface area contributed by atoms with E-state index in [4.69, 9.17) is 0 Å². The lowest BCUT2D eigenvalue weighted by atomic mass is 10.0. The lowest BCUT2D eigenvalue weighted by Crippen LogP contribution is -2.54. The number of anilines is 1. The molecular formula is C22H25BrN4O3. The molecule has 0 aromatic heterocycles. The summed E-state index contributed by atoms with van der Waals surface area (Å²) in [4.78, 5) is 37.7. The van der Waals surface area contributed by atoms with E-state index in [1.165, 1.54) is 0 Å². The van der Waals surface area contributed by atoms with E-state index in [9.17, 15) is 14.4 Å². The standard InChI is InChI=1S/C22H25BrN4O3/c23-16-9-11-17(12-10-16)25-22(30)27-19(14-15-6-2-1-3-7-15)21(29)26-18-8-4-5-13-24-20(18)28/h1-3,6-7,9-12,18-19H,4-5,8,13-14H2,(H,24,28)(H,26,29)(H2,25,27,30)/t18-,19?/m1/s1. The minimum atomic E-state index is -0.820. The van der Waals surface area contributed by atoms with Gasteiger partial charge >= 0.3 is 6.03 Å². The van der Waals surface area contributed by atoms with Gasteiger partial charge in [0.15, 0.2) is 0 Å². The van der Waals surface area contributed by atoms with Crippen LogP contribution in [0.15, 0.2) is 59.1 Å². The Morgan fingerprint density at radius 1 is 1.07 bits per heavy atom. The molecule has 1 aliphatic heterocycles. The maximum atomic E-state index is 13.0. The summed E-state index contributed by atoms with van der Waals surface area (Å²) in [5, 5.41) is 11.1. The first-order chi connectivity index (χ1) is 14.5. The Labute approximate surface area is 184 Å². The Morgan fingerprint density at radius 2 is 1.80 bits per heavy atom. The Hall–Kier alpha value is -2.87. The summed E-state index contributed by atoms with van der Waals surface area (Å²) in [5.41, 5.74) is 1.52. The van der Waals surface area contributed by atoms with Gasteiger partial charge in [0.2, 0.25) is 11.8 Å². The molecule has 3 rings (SSSR count). The molecule has 2 atom stereocenters. The topological polar surface area (TPSA) is 99.3 Å². The number of halogens is 1. The lowest BCUT2D eigenvalue weighted by Gasteiger charge is -2.22. The molecule has 0 aliphatic carbocycles. The second kappa shape index (κ2) is 10.8. The quantitative estimate of drug-likeness (QED) is 0.519. The number of benzene rings is 2. The Kier molecular flexibility index (Phi) is 7.84. The molecule has 2 aromatic rings. The zero-order valence-corrected chi connectivity index (χ0v) is 18.1. The van der Waals surface area contributed by atoms with E-state index >= 15 is 0 Å². The van der Waals surface area contributed by atoms with E-state index in [2.05, 4.69) is 37.2 Å². The molecule has 1 saturated heterocycles. The van der Waals surface area contributed by atoms with Crippen LogP contribution in [-0.4, -0.2) is 36.5 Å². The normalized spacial score (nSPS) is 17.2. The van der Waals surface area contributed by atoms with Gasteiger partial charge in [-0.1, -0.05) is 46.3 Å². The first-order valence-corrected chi connectivity index (χ1v) is 10.8. The molecule has 8 heteroatoms. The van der Waals surface area contributed by atoms with Crippen molar-refractivity contribution >= 4 is 39.5 Å². The average Bonchev–Trinajstić information content (AvgIpc) is 2.94. The molecule has 7 nitrogen and oxygen atoms in total. The van der Waals surface area contributed by atoms with Crippen molar-refractivity contribution in [3.63, 3.8) is 0 Å². The van der Waals surface area contributed by atoms with Gasteiger partial charge in [0.1, 0.15) is 12.1 Å². The van der Waals surface area contributed by atoms with Gasteiger partial charge in [-0.05, 0) is 49.1 Å². The highest BCUT2D eigenvalue weighted by atomic mass is 79.9. The fraction of sp³-hybridized carbons (Fsp3) is 0.318. The zero-order valence-electron chi connectivity index (χ0n) is 16.5. The third-order valence-electron chi connectivity index (χ3n) is 4.86. The first kappa shape index (κ1) is 21.8. The third-order valence-corrected chi connectivity index (χ3v) is 5.39. The molecule has 30 heavy (non-hydrogen) atoms. The highest BCUT2D eigenvalue weighted by Gasteiger charge is 2.27. The number of carbonyl (C=O) groups excluding carboxylic acids is 3. The van der Waals surface area contributed by atoms with Crippen LogP contribution < -0.4 is 21.3 Å². The van der Waals surface area contributed by atoms with Gasteiger partial charge in [0, 0.05) is 23.1 Å². The molecule has 1 aliphatic rings. The van der Waals surface area contributed by atoms with Crippen LogP contribution in [0.2, 0.25) is 0 Å². The molecule has 158 valence electrons. The average molecular weight is 473 g/mol. The molecule has 1 unspecified atom stereocenters. The maximum absolute atomic E-state index is 13.0. The smallest absolute Gasteiger partial charge is 0.319 e. The molecule has 0 radical (unpaired) electrons. The molecule has 0 bridgehead atoms. The van der Waals surface area contributed by atoms with Gasteiger partial charge in [-0.15, -0.1) is 0 Å². The van der Waals surface area contributed by atoms with Crippen molar-refractivity contribution in [3.05, 3.63) is 64.6 Å². The highest BCUT2D eigenvalue weighted by Crippen LogP contribution is 2.14. The van der Waals surface area contributed by atoms with Crippen LogP contribution in [0.5, 0.6) is 0 Å². The number of hydrogen-bond donors (Lipinski definition) is 4. The number of carbonyl (C=O) groups is 3. The summed E-state index contributed by atoms with van der Waals surface area (Å²) in [5.74, 6) is -0.564. The zero-order chi connectivity index (χ0) is 21.3. The number of nitrogens with one attached hydrogen (secondary N) is 4. The van der Waals surface area contributed by atoms with Crippen LogP contribution in [0.1, 0.15) is 24.8 Å². The lowest BCUT2D eigenvalue weighted by molar-refractivity contribution is -0.129. The van der Waals surface area contributed by atoms with Crippen molar-refractivity contribution in [1.29, 1.82) is 0 Å². The number of amides is 4. The summed E-state index contributed by atoms with van der Waals surface area (Å²) in [7, 11) is 0. The summed E-state index contributed by atoms with van der Waals surface area (Å²) in [6.45, 7) is 0.618. The van der Waals surface area contributed by atoms with E-state index in [1.807, 2.05) is 42.5 Å². The largest absolute Gasteiger partial charge is 0.354 e. The van der Waals surface area contributed by atoms with Crippen LogP contribution >= 0.6 is 15.9 Å². The van der Waals surface area contributed by atoms with Crippen LogP contribution in [0.4, 0.5) is 10.5 Å². The molecule has 2 aromatic carbocycles. The van der Waals surface area contributed by atoms with Crippen molar-refractivity contribution in [3.8, 4) is 0 Å². The van der Waals surface area contributed by atoms with E-state index in [-0.39, 0.29) is 11.8 Å². The molecular weight excluding hydrogens is 448 g/mol. The Bertz CT molecular complexity index is 874. The van der Waals surface area contributed by atoms with E-state index in [0.29, 0.717) is 25.1 Å². The molecule has 0 saturated carbocycles. The van der Waals surface area contributed by atoms with Crippen molar-refractivity contribution in [1.82, 2.24) is 16.0 Å².